The summed E-state index contributed by atoms with van der Waals surface area (Å²) >= 11 is 0. The summed E-state index contributed by atoms with van der Waals surface area (Å²) in [6, 6.07) is 11.3. The van der Waals surface area contributed by atoms with E-state index in [0.717, 1.165) is 22.3 Å². The van der Waals surface area contributed by atoms with E-state index in [1.807, 2.05) is 52.0 Å². The molecule has 0 bridgehead atoms. The van der Waals surface area contributed by atoms with Crippen molar-refractivity contribution in [1.82, 2.24) is 0 Å². The number of hydrogen-bond acceptors (Lipinski definition) is 3. The van der Waals surface area contributed by atoms with E-state index in [9.17, 15) is 4.53 Å². The van der Waals surface area contributed by atoms with Gasteiger partial charge in [0.2, 0.25) is 0 Å². The molecule has 0 N–H and O–H groups in total. The van der Waals surface area contributed by atoms with E-state index in [1.54, 1.807) is 12.1 Å². The first-order valence-electron chi connectivity index (χ1n) is 6.59. The lowest BCUT2D eigenvalue weighted by Gasteiger charge is -2.16. The van der Waals surface area contributed by atoms with Gasteiger partial charge in [0.1, 0.15) is 11.5 Å². The molecule has 0 atom stereocenters. The van der Waals surface area contributed by atoms with Crippen LogP contribution >= 0.6 is 8.60 Å². The fourth-order valence-electron chi connectivity index (χ4n) is 2.01. The summed E-state index contributed by atoms with van der Waals surface area (Å²) in [7, 11) is -2.13. The molecule has 0 aliphatic rings. The Hall–Kier alpha value is -1.64. The minimum absolute atomic E-state index is 0.550. The summed E-state index contributed by atoms with van der Waals surface area (Å²) in [4.78, 5) is 0. The predicted molar refractivity (Wildman–Crippen MR) is 82.2 cm³/mol. The maximum absolute atomic E-state index is 12.7. The number of aryl methyl sites for hydroxylation is 4. The van der Waals surface area contributed by atoms with Gasteiger partial charge in [0.05, 0.1) is 0 Å². The number of benzene rings is 2. The maximum Gasteiger partial charge on any atom is 0.497 e. The molecule has 2 rings (SSSR count). The summed E-state index contributed by atoms with van der Waals surface area (Å²) in [5, 5.41) is 0. The number of hydrogen-bond donors (Lipinski definition) is 0. The molecule has 2 aromatic carbocycles. The molecule has 0 saturated carbocycles. The average molecular weight is 308 g/mol. The van der Waals surface area contributed by atoms with Crippen molar-refractivity contribution in [1.29, 1.82) is 0 Å². The topological polar surface area (TPSA) is 27.7 Å². The Bertz CT molecular complexity index is 577. The van der Waals surface area contributed by atoms with Crippen molar-refractivity contribution in [3.63, 3.8) is 0 Å². The van der Waals surface area contributed by atoms with Gasteiger partial charge in [0.25, 0.3) is 0 Å². The molecule has 0 radical (unpaired) electrons. The fraction of sp³-hybridized carbons (Fsp3) is 0.250. The molecule has 0 saturated heterocycles. The first-order chi connectivity index (χ1) is 9.99. The smallest absolute Gasteiger partial charge is 0.416 e. The number of halogens is 1. The lowest BCUT2D eigenvalue weighted by Crippen LogP contribution is -1.98. The third-order valence-electron chi connectivity index (χ3n) is 3.06. The third-order valence-corrected chi connectivity index (χ3v) is 3.87. The van der Waals surface area contributed by atoms with E-state index < -0.39 is 8.60 Å². The van der Waals surface area contributed by atoms with Crippen LogP contribution in [0.2, 0.25) is 0 Å². The molecular formula is C16H18FO3P. The lowest BCUT2D eigenvalue weighted by molar-refractivity contribution is -0.0158. The highest BCUT2D eigenvalue weighted by molar-refractivity contribution is 7.42. The minimum atomic E-state index is -2.13. The van der Waals surface area contributed by atoms with Crippen LogP contribution < -0.4 is 9.05 Å². The van der Waals surface area contributed by atoms with Crippen molar-refractivity contribution in [2.45, 2.75) is 27.7 Å². The van der Waals surface area contributed by atoms with E-state index in [4.69, 9.17) is 9.05 Å². The Labute approximate surface area is 125 Å². The first kappa shape index (κ1) is 15.7. The van der Waals surface area contributed by atoms with Gasteiger partial charge in [-0.05, 0) is 55.5 Å². The van der Waals surface area contributed by atoms with E-state index in [-0.39, 0.29) is 0 Å². The molecule has 0 amide bonds. The Balaban J connectivity index is 2.13. The Kier molecular flexibility index (Phi) is 5.16. The van der Waals surface area contributed by atoms with E-state index in [1.165, 1.54) is 0 Å². The molecule has 0 aromatic heterocycles. The molecule has 0 fully saturated rings. The minimum Gasteiger partial charge on any atom is -0.416 e. The molecule has 0 spiro atoms. The van der Waals surface area contributed by atoms with Crippen molar-refractivity contribution in [3.8, 4) is 11.5 Å². The summed E-state index contributed by atoms with van der Waals surface area (Å²) in [5.74, 6) is 1.10. The van der Waals surface area contributed by atoms with Crippen LogP contribution in [0.25, 0.3) is 0 Å². The van der Waals surface area contributed by atoms with E-state index in [0.29, 0.717) is 11.5 Å². The molecular weight excluding hydrogens is 290 g/mol. The summed E-state index contributed by atoms with van der Waals surface area (Å²) < 4.78 is 27.5. The van der Waals surface area contributed by atoms with Crippen LogP contribution in [0.1, 0.15) is 22.3 Å². The van der Waals surface area contributed by atoms with Crippen molar-refractivity contribution < 1.29 is 18.3 Å². The highest BCUT2D eigenvalue weighted by atomic mass is 31.2. The van der Waals surface area contributed by atoms with Gasteiger partial charge in [-0.1, -0.05) is 40.1 Å². The second-order valence-electron chi connectivity index (χ2n) is 5.01. The van der Waals surface area contributed by atoms with E-state index in [2.05, 4.69) is 4.73 Å². The predicted octanol–water partition coefficient (Wildman–Crippen LogP) is 5.51. The van der Waals surface area contributed by atoms with Crippen molar-refractivity contribution in [2.24, 2.45) is 0 Å². The summed E-state index contributed by atoms with van der Waals surface area (Å²) in [5.41, 5.74) is 4.04. The molecule has 3 nitrogen and oxygen atoms in total. The van der Waals surface area contributed by atoms with Crippen molar-refractivity contribution in [2.75, 3.05) is 0 Å². The van der Waals surface area contributed by atoms with Gasteiger partial charge in [-0.25, -0.2) is 0 Å². The zero-order valence-corrected chi connectivity index (χ0v) is 13.4. The second kappa shape index (κ2) is 6.88. The van der Waals surface area contributed by atoms with Crippen LogP contribution in [0, 0.1) is 27.7 Å². The van der Waals surface area contributed by atoms with Gasteiger partial charge in [-0.3, -0.25) is 0 Å². The molecule has 0 aliphatic heterocycles. The van der Waals surface area contributed by atoms with Gasteiger partial charge < -0.3 is 9.05 Å². The largest absolute Gasteiger partial charge is 0.497 e. The van der Waals surface area contributed by atoms with Crippen LogP contribution in [0.4, 0.5) is 4.53 Å². The van der Waals surface area contributed by atoms with Gasteiger partial charge in [0.15, 0.2) is 0 Å². The first-order valence-corrected chi connectivity index (χ1v) is 7.68. The Morgan fingerprint density at radius 1 is 0.762 bits per heavy atom. The van der Waals surface area contributed by atoms with Crippen LogP contribution in [0.15, 0.2) is 36.4 Å². The third kappa shape index (κ3) is 4.16. The molecule has 2 aromatic rings. The zero-order chi connectivity index (χ0) is 15.4. The van der Waals surface area contributed by atoms with E-state index >= 15 is 0 Å². The highest BCUT2D eigenvalue weighted by Crippen LogP contribution is 2.43. The van der Waals surface area contributed by atoms with Gasteiger partial charge >= 0.3 is 8.60 Å². The van der Waals surface area contributed by atoms with Gasteiger partial charge in [0, 0.05) is 0 Å². The molecule has 0 aliphatic carbocycles. The van der Waals surface area contributed by atoms with Crippen LogP contribution in [-0.4, -0.2) is 0 Å². The quantitative estimate of drug-likeness (QED) is 0.682. The maximum atomic E-state index is 12.7. The molecule has 0 unspecified atom stereocenters. The fourth-order valence-corrected chi connectivity index (χ4v) is 2.84. The molecule has 112 valence electrons. The zero-order valence-electron chi connectivity index (χ0n) is 12.5. The SMILES string of the molecule is Cc1ccc(OP(OF)Oc2ccc(C)cc2C)c(C)c1. The average Bonchev–Trinajstić information content (AvgIpc) is 2.43. The van der Waals surface area contributed by atoms with Crippen LogP contribution in [0.5, 0.6) is 11.5 Å². The molecule has 0 heterocycles. The highest BCUT2D eigenvalue weighted by Gasteiger charge is 2.20. The second-order valence-corrected chi connectivity index (χ2v) is 5.96. The number of rotatable bonds is 5. The molecule has 21 heavy (non-hydrogen) atoms. The summed E-state index contributed by atoms with van der Waals surface area (Å²) in [6.45, 7) is 7.76. The van der Waals surface area contributed by atoms with Gasteiger partial charge in [-0.2, -0.15) is 0 Å². The normalized spacial score (nSPS) is 10.8. The monoisotopic (exact) mass is 308 g/mol. The lowest BCUT2D eigenvalue weighted by atomic mass is 10.1. The van der Waals surface area contributed by atoms with Crippen molar-refractivity contribution >= 4 is 8.60 Å². The van der Waals surface area contributed by atoms with Gasteiger partial charge in [-0.15, -0.1) is 0 Å². The molecule has 5 heteroatoms. The Morgan fingerprint density at radius 3 is 1.52 bits per heavy atom. The Morgan fingerprint density at radius 2 is 1.19 bits per heavy atom. The van der Waals surface area contributed by atoms with Crippen LogP contribution in [0.3, 0.4) is 0 Å². The standard InChI is InChI=1S/C16H18FO3P/c1-11-5-7-15(13(3)9-11)18-21(20-17)19-16-8-6-12(2)10-14(16)4/h5-10H,1-4H3. The van der Waals surface area contributed by atoms with Crippen molar-refractivity contribution in [3.05, 3.63) is 58.7 Å². The summed E-state index contributed by atoms with van der Waals surface area (Å²) in [6.07, 6.45) is 0. The van der Waals surface area contributed by atoms with Crippen LogP contribution in [-0.2, 0) is 4.73 Å².